The highest BCUT2D eigenvalue weighted by Gasteiger charge is 2.28. The summed E-state index contributed by atoms with van der Waals surface area (Å²) in [6.45, 7) is 1.49. The van der Waals surface area contributed by atoms with E-state index in [1.54, 1.807) is 0 Å². The number of benzene rings is 3. The van der Waals surface area contributed by atoms with E-state index in [0.29, 0.717) is 6.07 Å². The van der Waals surface area contributed by atoms with Crippen LogP contribution >= 0.6 is 0 Å². The molecule has 0 unspecified atom stereocenters. The Balaban J connectivity index is 1.35. The molecule has 162 valence electrons. The number of ketones is 1. The Kier molecular flexibility index (Phi) is 6.12. The van der Waals surface area contributed by atoms with Crippen molar-refractivity contribution in [1.29, 1.82) is 0 Å². The molecule has 1 N–H and O–H groups in total. The number of rotatable bonds is 6. The fourth-order valence-electron chi connectivity index (χ4n) is 3.94. The molecule has 32 heavy (non-hydrogen) atoms. The van der Waals surface area contributed by atoms with Gasteiger partial charge < -0.3 is 10.1 Å². The van der Waals surface area contributed by atoms with Gasteiger partial charge in [0.2, 0.25) is 0 Å². The van der Waals surface area contributed by atoms with Crippen LogP contribution in [0.25, 0.3) is 17.2 Å². The quantitative estimate of drug-likeness (QED) is 0.506. The van der Waals surface area contributed by atoms with Crippen LogP contribution in [0.4, 0.5) is 13.6 Å². The Bertz CT molecular complexity index is 1170. The van der Waals surface area contributed by atoms with Crippen molar-refractivity contribution in [3.05, 3.63) is 101 Å². The zero-order valence-corrected chi connectivity index (χ0v) is 17.4. The lowest BCUT2D eigenvalue weighted by Gasteiger charge is -2.14. The second kappa shape index (κ2) is 9.14. The second-order valence-electron chi connectivity index (χ2n) is 7.52. The lowest BCUT2D eigenvalue weighted by Crippen LogP contribution is -2.26. The van der Waals surface area contributed by atoms with Crippen molar-refractivity contribution in [2.45, 2.75) is 12.8 Å². The number of nitrogens with one attached hydrogen (secondary N) is 1. The molecule has 0 aromatic heterocycles. The average molecular weight is 433 g/mol. The van der Waals surface area contributed by atoms with Crippen LogP contribution in [0.2, 0.25) is 0 Å². The minimum Gasteiger partial charge on any atom is -0.449 e. The SMILES string of the molecule is CC(=O)c1cc(C=CCNC(=O)OCC2c3ccccc3-c3ccccc32)c(F)cc1F. The van der Waals surface area contributed by atoms with Crippen LogP contribution in [-0.2, 0) is 4.74 Å². The normalized spacial score (nSPS) is 12.5. The number of carbonyl (C=O) groups excluding carboxylic acids is 2. The first kappa shape index (κ1) is 21.4. The number of hydrogen-bond acceptors (Lipinski definition) is 3. The van der Waals surface area contributed by atoms with Gasteiger partial charge in [0.1, 0.15) is 18.2 Å². The van der Waals surface area contributed by atoms with Crippen LogP contribution in [0.5, 0.6) is 0 Å². The number of ether oxygens (including phenoxy) is 1. The molecule has 6 heteroatoms. The third-order valence-corrected chi connectivity index (χ3v) is 5.47. The van der Waals surface area contributed by atoms with Crippen molar-refractivity contribution in [2.24, 2.45) is 0 Å². The first-order chi connectivity index (χ1) is 15.5. The Morgan fingerprint density at radius 1 is 0.969 bits per heavy atom. The van der Waals surface area contributed by atoms with Gasteiger partial charge in [-0.2, -0.15) is 0 Å². The van der Waals surface area contributed by atoms with Crippen LogP contribution in [0.3, 0.4) is 0 Å². The number of alkyl carbamates (subject to hydrolysis) is 1. The maximum Gasteiger partial charge on any atom is 0.407 e. The summed E-state index contributed by atoms with van der Waals surface area (Å²) in [7, 11) is 0. The van der Waals surface area contributed by atoms with Crippen molar-refractivity contribution in [1.82, 2.24) is 5.32 Å². The van der Waals surface area contributed by atoms with Crippen LogP contribution in [-0.4, -0.2) is 25.0 Å². The molecule has 3 aromatic rings. The molecular formula is C26H21F2NO3. The first-order valence-electron chi connectivity index (χ1n) is 10.2. The molecule has 0 atom stereocenters. The lowest BCUT2D eigenvalue weighted by atomic mass is 9.98. The summed E-state index contributed by atoms with van der Waals surface area (Å²) < 4.78 is 32.9. The van der Waals surface area contributed by atoms with Gasteiger partial charge in [-0.05, 0) is 35.2 Å². The minimum atomic E-state index is -0.899. The maximum atomic E-state index is 13.9. The highest BCUT2D eigenvalue weighted by atomic mass is 19.1. The highest BCUT2D eigenvalue weighted by Crippen LogP contribution is 2.44. The molecule has 0 saturated heterocycles. The molecule has 0 saturated carbocycles. The third-order valence-electron chi connectivity index (χ3n) is 5.47. The number of carbonyl (C=O) groups is 2. The van der Waals surface area contributed by atoms with E-state index >= 15 is 0 Å². The summed E-state index contributed by atoms with van der Waals surface area (Å²) in [5, 5.41) is 2.58. The molecule has 0 heterocycles. The molecule has 4 rings (SSSR count). The maximum absolute atomic E-state index is 13.9. The number of Topliss-reactive ketones (excluding diaryl/α,β-unsaturated/α-hetero) is 1. The van der Waals surface area contributed by atoms with Gasteiger partial charge in [-0.25, -0.2) is 13.6 Å². The van der Waals surface area contributed by atoms with Gasteiger partial charge in [0.15, 0.2) is 5.78 Å². The van der Waals surface area contributed by atoms with Gasteiger partial charge in [-0.15, -0.1) is 0 Å². The fraction of sp³-hybridized carbons (Fsp3) is 0.154. The van der Waals surface area contributed by atoms with Gasteiger partial charge in [0.05, 0.1) is 5.56 Å². The summed E-state index contributed by atoms with van der Waals surface area (Å²) >= 11 is 0. The molecule has 4 nitrogen and oxygen atoms in total. The van der Waals surface area contributed by atoms with E-state index in [-0.39, 0.29) is 30.2 Å². The minimum absolute atomic E-state index is 0.0398. The highest BCUT2D eigenvalue weighted by molar-refractivity contribution is 5.95. The zero-order valence-electron chi connectivity index (χ0n) is 17.4. The van der Waals surface area contributed by atoms with Crippen LogP contribution < -0.4 is 5.32 Å². The van der Waals surface area contributed by atoms with E-state index in [4.69, 9.17) is 4.74 Å². The third kappa shape index (κ3) is 4.30. The molecule has 0 aliphatic heterocycles. The predicted molar refractivity (Wildman–Crippen MR) is 118 cm³/mol. The number of hydrogen-bond donors (Lipinski definition) is 1. The smallest absolute Gasteiger partial charge is 0.407 e. The summed E-state index contributed by atoms with van der Waals surface area (Å²) in [4.78, 5) is 23.6. The fourth-order valence-corrected chi connectivity index (χ4v) is 3.94. The topological polar surface area (TPSA) is 55.4 Å². The molecule has 0 spiro atoms. The largest absolute Gasteiger partial charge is 0.449 e. The number of amides is 1. The summed E-state index contributed by atoms with van der Waals surface area (Å²) in [5.74, 6) is -2.22. The van der Waals surface area contributed by atoms with Crippen LogP contribution in [0, 0.1) is 11.6 Å². The molecule has 0 bridgehead atoms. The number of fused-ring (bicyclic) bond motifs is 3. The Morgan fingerprint density at radius 2 is 1.59 bits per heavy atom. The van der Waals surface area contributed by atoms with Gasteiger partial charge in [0, 0.05) is 24.1 Å². The number of halogens is 2. The van der Waals surface area contributed by atoms with Gasteiger partial charge in [0.25, 0.3) is 0 Å². The van der Waals surface area contributed by atoms with Crippen LogP contribution in [0.15, 0.2) is 66.7 Å². The molecular weight excluding hydrogens is 412 g/mol. The Hall–Kier alpha value is -3.80. The summed E-state index contributed by atoms with van der Waals surface area (Å²) in [6, 6.07) is 17.9. The van der Waals surface area contributed by atoms with Crippen molar-refractivity contribution in [3.8, 4) is 11.1 Å². The van der Waals surface area contributed by atoms with Crippen molar-refractivity contribution in [3.63, 3.8) is 0 Å². The zero-order chi connectivity index (χ0) is 22.7. The first-order valence-corrected chi connectivity index (χ1v) is 10.2. The molecule has 3 aromatic carbocycles. The summed E-state index contributed by atoms with van der Waals surface area (Å²) in [5.41, 5.74) is 4.41. The molecule has 0 radical (unpaired) electrons. The van der Waals surface area contributed by atoms with E-state index in [9.17, 15) is 18.4 Å². The average Bonchev–Trinajstić information content (AvgIpc) is 3.10. The van der Waals surface area contributed by atoms with Gasteiger partial charge in [-0.1, -0.05) is 60.7 Å². The standard InChI is InChI=1S/C26H21F2NO3/c1-16(30)22-13-17(24(27)14-25(22)28)7-6-12-29-26(31)32-15-23-20-10-4-2-8-18(20)19-9-3-5-11-21(19)23/h2-11,13-14,23H,12,15H2,1H3,(H,29,31). The molecule has 1 amide bonds. The second-order valence-corrected chi connectivity index (χ2v) is 7.52. The van der Waals surface area contributed by atoms with Gasteiger partial charge in [-0.3, -0.25) is 4.79 Å². The van der Waals surface area contributed by atoms with Crippen LogP contribution in [0.1, 0.15) is 39.9 Å². The molecule has 1 aliphatic rings. The van der Waals surface area contributed by atoms with Crippen molar-refractivity contribution < 1.29 is 23.1 Å². The summed E-state index contributed by atoms with van der Waals surface area (Å²) in [6.07, 6.45) is 2.28. The molecule has 1 aliphatic carbocycles. The van der Waals surface area contributed by atoms with E-state index < -0.39 is 23.5 Å². The van der Waals surface area contributed by atoms with Crippen molar-refractivity contribution >= 4 is 18.0 Å². The predicted octanol–water partition coefficient (Wildman–Crippen LogP) is 5.72. The lowest BCUT2D eigenvalue weighted by molar-refractivity contribution is 0.101. The van der Waals surface area contributed by atoms with E-state index in [2.05, 4.69) is 17.4 Å². The van der Waals surface area contributed by atoms with Gasteiger partial charge >= 0.3 is 6.09 Å². The molecule has 0 fully saturated rings. The Morgan fingerprint density at radius 3 is 2.22 bits per heavy atom. The van der Waals surface area contributed by atoms with Crippen molar-refractivity contribution in [2.75, 3.05) is 13.2 Å². The van der Waals surface area contributed by atoms with E-state index in [1.807, 2.05) is 36.4 Å². The van der Waals surface area contributed by atoms with E-state index in [0.717, 1.165) is 28.3 Å². The van der Waals surface area contributed by atoms with E-state index in [1.165, 1.54) is 19.1 Å². The monoisotopic (exact) mass is 433 g/mol. The Labute approximate surface area is 184 Å².